The predicted molar refractivity (Wildman–Crippen MR) is 75.2 cm³/mol. The van der Waals surface area contributed by atoms with Gasteiger partial charge in [0.25, 0.3) is 0 Å². The number of aliphatic hydroxyl groups is 1. The van der Waals surface area contributed by atoms with Gasteiger partial charge in [0.05, 0.1) is 6.10 Å². The van der Waals surface area contributed by atoms with Crippen molar-refractivity contribution in [1.29, 1.82) is 0 Å². The summed E-state index contributed by atoms with van der Waals surface area (Å²) in [5, 5.41) is 14.8. The number of carbonyl (C=O) groups excluding carboxylic acids is 2. The largest absolute Gasteiger partial charge is 0.391 e. The number of nitrogens with one attached hydrogen (secondary N) is 2. The standard InChI is InChI=1S/C14H22N2O3/c1-5-13(16-12(4)18)7-6-10(2)8-14(19)9-15-11(3)17/h5-7,14,19H,2,8-9H2,1,3-4H3,(H,15,17)(H,16,18)/b7-6-,13-5+. The van der Waals surface area contributed by atoms with Crippen LogP contribution in [0.1, 0.15) is 27.2 Å². The molecule has 0 aliphatic carbocycles. The van der Waals surface area contributed by atoms with Crippen molar-refractivity contribution in [2.45, 2.75) is 33.3 Å². The van der Waals surface area contributed by atoms with E-state index >= 15 is 0 Å². The van der Waals surface area contributed by atoms with Crippen molar-refractivity contribution >= 4 is 11.8 Å². The van der Waals surface area contributed by atoms with Gasteiger partial charge in [0.1, 0.15) is 0 Å². The molecule has 0 aromatic heterocycles. The molecule has 1 unspecified atom stereocenters. The van der Waals surface area contributed by atoms with Crippen molar-refractivity contribution in [3.05, 3.63) is 36.1 Å². The Hall–Kier alpha value is -1.88. The minimum atomic E-state index is -0.670. The Labute approximate surface area is 114 Å². The number of allylic oxidation sites excluding steroid dienone is 3. The van der Waals surface area contributed by atoms with Crippen LogP contribution >= 0.6 is 0 Å². The molecule has 106 valence electrons. The van der Waals surface area contributed by atoms with Crippen molar-refractivity contribution in [2.24, 2.45) is 0 Å². The topological polar surface area (TPSA) is 78.4 Å². The number of amides is 2. The van der Waals surface area contributed by atoms with Crippen molar-refractivity contribution in [3.8, 4) is 0 Å². The fourth-order valence-corrected chi connectivity index (χ4v) is 1.33. The molecule has 0 aromatic rings. The molecule has 0 saturated carbocycles. The molecular weight excluding hydrogens is 244 g/mol. The summed E-state index contributed by atoms with van der Waals surface area (Å²) in [4.78, 5) is 21.6. The summed E-state index contributed by atoms with van der Waals surface area (Å²) in [5.74, 6) is -0.323. The van der Waals surface area contributed by atoms with Gasteiger partial charge in [0.15, 0.2) is 0 Å². The third kappa shape index (κ3) is 9.79. The van der Waals surface area contributed by atoms with Crippen molar-refractivity contribution in [1.82, 2.24) is 10.6 Å². The van der Waals surface area contributed by atoms with Crippen LogP contribution in [0, 0.1) is 0 Å². The highest BCUT2D eigenvalue weighted by Gasteiger charge is 2.05. The van der Waals surface area contributed by atoms with E-state index in [0.717, 1.165) is 0 Å². The van der Waals surface area contributed by atoms with Gasteiger partial charge in [0.2, 0.25) is 11.8 Å². The summed E-state index contributed by atoms with van der Waals surface area (Å²) < 4.78 is 0. The van der Waals surface area contributed by atoms with Gasteiger partial charge < -0.3 is 15.7 Å². The molecule has 0 bridgehead atoms. The number of hydrogen-bond acceptors (Lipinski definition) is 3. The van der Waals surface area contributed by atoms with Crippen LogP contribution in [-0.2, 0) is 9.59 Å². The quantitative estimate of drug-likeness (QED) is 0.602. The maximum atomic E-state index is 10.9. The van der Waals surface area contributed by atoms with Gasteiger partial charge in [-0.25, -0.2) is 0 Å². The zero-order chi connectivity index (χ0) is 14.8. The first-order valence-corrected chi connectivity index (χ1v) is 6.07. The molecule has 0 aliphatic rings. The molecule has 5 heteroatoms. The van der Waals surface area contributed by atoms with E-state index in [1.54, 1.807) is 18.2 Å². The Bertz CT molecular complexity index is 397. The second kappa shape index (κ2) is 9.10. The van der Waals surface area contributed by atoms with Gasteiger partial charge in [0, 0.05) is 26.1 Å². The van der Waals surface area contributed by atoms with Crippen LogP contribution in [0.15, 0.2) is 36.1 Å². The van der Waals surface area contributed by atoms with Gasteiger partial charge in [-0.3, -0.25) is 9.59 Å². The van der Waals surface area contributed by atoms with E-state index in [2.05, 4.69) is 17.2 Å². The van der Waals surface area contributed by atoms with Crippen LogP contribution in [-0.4, -0.2) is 29.6 Å². The summed E-state index contributed by atoms with van der Waals surface area (Å²) in [6.07, 6.45) is 4.89. The predicted octanol–water partition coefficient (Wildman–Crippen LogP) is 1.03. The Balaban J connectivity index is 4.22. The zero-order valence-corrected chi connectivity index (χ0v) is 11.7. The monoisotopic (exact) mass is 266 g/mol. The molecule has 1 atom stereocenters. The molecule has 0 aliphatic heterocycles. The van der Waals surface area contributed by atoms with Crippen molar-refractivity contribution in [2.75, 3.05) is 6.54 Å². The fourth-order valence-electron chi connectivity index (χ4n) is 1.33. The van der Waals surface area contributed by atoms with E-state index in [9.17, 15) is 14.7 Å². The van der Waals surface area contributed by atoms with Crippen LogP contribution < -0.4 is 10.6 Å². The summed E-state index contributed by atoms with van der Waals surface area (Å²) in [7, 11) is 0. The average Bonchev–Trinajstić information content (AvgIpc) is 2.31. The molecule has 0 saturated heterocycles. The Morgan fingerprint density at radius 2 is 1.89 bits per heavy atom. The zero-order valence-electron chi connectivity index (χ0n) is 11.7. The molecule has 0 aromatic carbocycles. The lowest BCUT2D eigenvalue weighted by molar-refractivity contribution is -0.119. The first-order chi connectivity index (χ1) is 8.85. The van der Waals surface area contributed by atoms with E-state index in [4.69, 9.17) is 0 Å². The summed E-state index contributed by atoms with van der Waals surface area (Å²) in [5.41, 5.74) is 1.38. The third-order valence-electron chi connectivity index (χ3n) is 2.21. The first kappa shape index (κ1) is 17.1. The average molecular weight is 266 g/mol. The lowest BCUT2D eigenvalue weighted by Crippen LogP contribution is -2.30. The SMILES string of the molecule is C=C(/C=C\C(=C/C)NC(C)=O)CC(O)CNC(C)=O. The van der Waals surface area contributed by atoms with E-state index in [0.29, 0.717) is 17.7 Å². The normalized spacial score (nSPS) is 13.2. The van der Waals surface area contributed by atoms with Gasteiger partial charge in [-0.1, -0.05) is 24.3 Å². The molecule has 0 spiro atoms. The first-order valence-electron chi connectivity index (χ1n) is 6.07. The van der Waals surface area contributed by atoms with Crippen LogP contribution in [0.4, 0.5) is 0 Å². The van der Waals surface area contributed by atoms with Crippen LogP contribution in [0.3, 0.4) is 0 Å². The number of aliphatic hydroxyl groups excluding tert-OH is 1. The highest BCUT2D eigenvalue weighted by atomic mass is 16.3. The summed E-state index contributed by atoms with van der Waals surface area (Å²) in [6.45, 7) is 8.65. The van der Waals surface area contributed by atoms with Gasteiger partial charge in [-0.2, -0.15) is 0 Å². The maximum absolute atomic E-state index is 10.9. The summed E-state index contributed by atoms with van der Waals surface area (Å²) >= 11 is 0. The minimum absolute atomic E-state index is 0.144. The molecule has 0 heterocycles. The Kier molecular flexibility index (Phi) is 8.20. The molecule has 0 radical (unpaired) electrons. The lowest BCUT2D eigenvalue weighted by Gasteiger charge is -2.11. The molecule has 2 amide bonds. The maximum Gasteiger partial charge on any atom is 0.221 e. The van der Waals surface area contributed by atoms with Crippen LogP contribution in [0.2, 0.25) is 0 Å². The smallest absolute Gasteiger partial charge is 0.221 e. The second-order valence-corrected chi connectivity index (χ2v) is 4.21. The lowest BCUT2D eigenvalue weighted by atomic mass is 10.1. The Morgan fingerprint density at radius 1 is 1.26 bits per heavy atom. The third-order valence-corrected chi connectivity index (χ3v) is 2.21. The molecule has 5 nitrogen and oxygen atoms in total. The fraction of sp³-hybridized carbons (Fsp3) is 0.429. The van der Waals surface area contributed by atoms with Gasteiger partial charge >= 0.3 is 0 Å². The molecule has 0 fully saturated rings. The van der Waals surface area contributed by atoms with E-state index in [-0.39, 0.29) is 18.4 Å². The van der Waals surface area contributed by atoms with Crippen molar-refractivity contribution in [3.63, 3.8) is 0 Å². The van der Waals surface area contributed by atoms with Crippen LogP contribution in [0.25, 0.3) is 0 Å². The Morgan fingerprint density at radius 3 is 2.37 bits per heavy atom. The number of hydrogen-bond donors (Lipinski definition) is 3. The van der Waals surface area contributed by atoms with Gasteiger partial charge in [-0.15, -0.1) is 0 Å². The van der Waals surface area contributed by atoms with E-state index < -0.39 is 6.10 Å². The number of carbonyl (C=O) groups is 2. The summed E-state index contributed by atoms with van der Waals surface area (Å²) in [6, 6.07) is 0. The van der Waals surface area contributed by atoms with Gasteiger partial charge in [-0.05, 0) is 19.4 Å². The highest BCUT2D eigenvalue weighted by Crippen LogP contribution is 2.06. The van der Waals surface area contributed by atoms with E-state index in [1.165, 1.54) is 13.8 Å². The highest BCUT2D eigenvalue weighted by molar-refractivity contribution is 5.75. The second-order valence-electron chi connectivity index (χ2n) is 4.21. The minimum Gasteiger partial charge on any atom is -0.391 e. The van der Waals surface area contributed by atoms with E-state index in [1.807, 2.05) is 6.92 Å². The molecule has 3 N–H and O–H groups in total. The number of rotatable bonds is 7. The molecule has 19 heavy (non-hydrogen) atoms. The molecule has 0 rings (SSSR count). The van der Waals surface area contributed by atoms with Crippen molar-refractivity contribution < 1.29 is 14.7 Å². The molecular formula is C14H22N2O3. The van der Waals surface area contributed by atoms with Crippen LogP contribution in [0.5, 0.6) is 0 Å².